The molecule has 7 nitrogen and oxygen atoms in total. The number of rotatable bonds is 3. The molecule has 1 aromatic heterocycles. The molecule has 1 aliphatic heterocycles. The van der Waals surface area contributed by atoms with Crippen LogP contribution in [-0.2, 0) is 14.8 Å². The fraction of sp³-hybridized carbons (Fsp3) is 0.143. The number of pyridine rings is 1. The number of hydrogen-bond acceptors (Lipinski definition) is 5. The third-order valence-corrected chi connectivity index (χ3v) is 4.98. The maximum atomic E-state index is 12.4. The molecule has 0 radical (unpaired) electrons. The fourth-order valence-corrected chi connectivity index (χ4v) is 3.26. The van der Waals surface area contributed by atoms with Crippen molar-refractivity contribution in [3.05, 3.63) is 41.0 Å². The molecule has 2 aromatic rings. The Balaban J connectivity index is 1.90. The second kappa shape index (κ2) is 5.82. The molecule has 1 aliphatic rings. The zero-order valence-corrected chi connectivity index (χ0v) is 14.3. The van der Waals surface area contributed by atoms with Crippen molar-refractivity contribution in [2.24, 2.45) is 0 Å². The molecule has 23 heavy (non-hydrogen) atoms. The topological polar surface area (TPSA) is 97.4 Å². The lowest BCUT2D eigenvalue weighted by molar-refractivity contribution is -0.122. The quantitative estimate of drug-likeness (QED) is 0.828. The first-order valence-electron chi connectivity index (χ1n) is 6.61. The van der Waals surface area contributed by atoms with Crippen LogP contribution in [0.2, 0.25) is 0 Å². The predicted octanol–water partition coefficient (Wildman–Crippen LogP) is 2.36. The predicted molar refractivity (Wildman–Crippen MR) is 87.9 cm³/mol. The molecule has 1 aromatic carbocycles. The molecule has 120 valence electrons. The van der Waals surface area contributed by atoms with E-state index in [9.17, 15) is 13.2 Å². The Morgan fingerprint density at radius 1 is 1.30 bits per heavy atom. The van der Waals surface area contributed by atoms with E-state index in [0.29, 0.717) is 11.4 Å². The van der Waals surface area contributed by atoms with E-state index >= 15 is 0 Å². The Morgan fingerprint density at radius 2 is 2.09 bits per heavy atom. The van der Waals surface area contributed by atoms with Crippen molar-refractivity contribution in [1.29, 1.82) is 0 Å². The molecule has 1 atom stereocenters. The summed E-state index contributed by atoms with van der Waals surface area (Å²) in [6.07, 6.45) is 0.871. The molecule has 2 N–H and O–H groups in total. The van der Waals surface area contributed by atoms with E-state index in [2.05, 4.69) is 31.0 Å². The van der Waals surface area contributed by atoms with E-state index < -0.39 is 16.1 Å². The van der Waals surface area contributed by atoms with E-state index in [1.807, 2.05) is 0 Å². The molecule has 3 rings (SSSR count). The van der Waals surface area contributed by atoms with Crippen LogP contribution < -0.4 is 14.8 Å². The number of sulfonamides is 1. The first-order chi connectivity index (χ1) is 10.8. The lowest BCUT2D eigenvalue weighted by Gasteiger charge is -2.23. The van der Waals surface area contributed by atoms with Gasteiger partial charge in [0.15, 0.2) is 6.10 Å². The van der Waals surface area contributed by atoms with Gasteiger partial charge in [0.1, 0.15) is 11.6 Å². The summed E-state index contributed by atoms with van der Waals surface area (Å²) in [5.74, 6) is 0.298. The minimum absolute atomic E-state index is 0.000535. The number of carbonyl (C=O) groups is 1. The number of ether oxygens (including phenoxy) is 1. The molecular weight excluding hydrogens is 386 g/mol. The number of aromatic nitrogens is 1. The van der Waals surface area contributed by atoms with Crippen molar-refractivity contribution >= 4 is 43.4 Å². The van der Waals surface area contributed by atoms with Crippen molar-refractivity contribution in [3.8, 4) is 5.75 Å². The van der Waals surface area contributed by atoms with Crippen molar-refractivity contribution in [1.82, 2.24) is 4.98 Å². The summed E-state index contributed by atoms with van der Waals surface area (Å²) < 4.78 is 33.3. The average Bonchev–Trinajstić information content (AvgIpc) is 2.50. The van der Waals surface area contributed by atoms with E-state index in [0.717, 1.165) is 4.47 Å². The zero-order valence-electron chi connectivity index (χ0n) is 11.9. The van der Waals surface area contributed by atoms with Gasteiger partial charge in [0.25, 0.3) is 15.9 Å². The van der Waals surface area contributed by atoms with Crippen molar-refractivity contribution in [2.75, 3.05) is 10.0 Å². The Labute approximate surface area is 141 Å². The van der Waals surface area contributed by atoms with E-state index in [1.54, 1.807) is 13.0 Å². The summed E-state index contributed by atoms with van der Waals surface area (Å²) in [5.41, 5.74) is 0.319. The van der Waals surface area contributed by atoms with Crippen LogP contribution in [0.25, 0.3) is 0 Å². The molecule has 0 fully saturated rings. The van der Waals surface area contributed by atoms with Gasteiger partial charge < -0.3 is 10.1 Å². The summed E-state index contributed by atoms with van der Waals surface area (Å²) in [6.45, 7) is 1.61. The standard InChI is InChI=1S/C14H12BrN3O4S/c1-8-14(19)17-11-6-10(3-4-12(11)22-8)23(20,21)18-13-5-2-9(15)7-16-13/h2-8H,1H3,(H,16,18)(H,17,19). The first kappa shape index (κ1) is 15.8. The molecule has 0 saturated heterocycles. The second-order valence-electron chi connectivity index (χ2n) is 4.87. The second-order valence-corrected chi connectivity index (χ2v) is 7.47. The highest BCUT2D eigenvalue weighted by atomic mass is 79.9. The summed E-state index contributed by atoms with van der Waals surface area (Å²) >= 11 is 3.23. The van der Waals surface area contributed by atoms with Gasteiger partial charge in [-0.2, -0.15) is 0 Å². The lowest BCUT2D eigenvalue weighted by Crippen LogP contribution is -2.34. The Morgan fingerprint density at radius 3 is 2.78 bits per heavy atom. The smallest absolute Gasteiger partial charge is 0.265 e. The first-order valence-corrected chi connectivity index (χ1v) is 8.89. The van der Waals surface area contributed by atoms with E-state index in [4.69, 9.17) is 4.74 Å². The highest BCUT2D eigenvalue weighted by Crippen LogP contribution is 2.32. The Bertz CT molecular complexity index is 868. The Kier molecular flexibility index (Phi) is 3.99. The maximum absolute atomic E-state index is 12.4. The molecule has 0 aliphatic carbocycles. The number of nitrogens with one attached hydrogen (secondary N) is 2. The van der Waals surface area contributed by atoms with Gasteiger partial charge in [0.2, 0.25) is 0 Å². The van der Waals surface area contributed by atoms with Crippen molar-refractivity contribution in [3.63, 3.8) is 0 Å². The highest BCUT2D eigenvalue weighted by Gasteiger charge is 2.25. The van der Waals surface area contributed by atoms with Crippen LogP contribution in [0.15, 0.2) is 45.9 Å². The van der Waals surface area contributed by atoms with Crippen LogP contribution in [0, 0.1) is 0 Å². The van der Waals surface area contributed by atoms with E-state index in [-0.39, 0.29) is 16.6 Å². The van der Waals surface area contributed by atoms with Crippen molar-refractivity contribution < 1.29 is 17.9 Å². The molecule has 0 saturated carbocycles. The van der Waals surface area contributed by atoms with Gasteiger partial charge >= 0.3 is 0 Å². The number of anilines is 2. The maximum Gasteiger partial charge on any atom is 0.265 e. The van der Waals surface area contributed by atoms with Gasteiger partial charge in [0, 0.05) is 10.7 Å². The van der Waals surface area contributed by atoms with Gasteiger partial charge in [-0.1, -0.05) is 0 Å². The van der Waals surface area contributed by atoms with Gasteiger partial charge in [-0.3, -0.25) is 9.52 Å². The largest absolute Gasteiger partial charge is 0.479 e. The summed E-state index contributed by atoms with van der Waals surface area (Å²) in [5, 5.41) is 2.62. The fourth-order valence-electron chi connectivity index (χ4n) is 1.99. The third-order valence-electron chi connectivity index (χ3n) is 3.16. The molecule has 0 bridgehead atoms. The molecule has 0 spiro atoms. The Hall–Kier alpha value is -2.13. The number of amides is 1. The number of nitrogens with zero attached hydrogens (tertiary/aromatic N) is 1. The normalized spacial score (nSPS) is 17.0. The van der Waals surface area contributed by atoms with Crippen molar-refractivity contribution in [2.45, 2.75) is 17.9 Å². The third kappa shape index (κ3) is 3.30. The number of hydrogen-bond donors (Lipinski definition) is 2. The molecule has 9 heteroatoms. The summed E-state index contributed by atoms with van der Waals surface area (Å²) in [6, 6.07) is 7.47. The lowest BCUT2D eigenvalue weighted by atomic mass is 10.2. The van der Waals surface area contributed by atoms with Gasteiger partial charge in [-0.25, -0.2) is 13.4 Å². The molecule has 2 heterocycles. The van der Waals surface area contributed by atoms with Crippen LogP contribution in [0.4, 0.5) is 11.5 Å². The van der Waals surface area contributed by atoms with E-state index in [1.165, 1.54) is 30.5 Å². The minimum atomic E-state index is -3.83. The minimum Gasteiger partial charge on any atom is -0.479 e. The van der Waals surface area contributed by atoms with Gasteiger partial charge in [-0.05, 0) is 53.2 Å². The molecule has 1 unspecified atom stereocenters. The molecule has 1 amide bonds. The number of carbonyl (C=O) groups excluding carboxylic acids is 1. The summed E-state index contributed by atoms with van der Waals surface area (Å²) in [4.78, 5) is 15.6. The molecular formula is C14H12BrN3O4S. The average molecular weight is 398 g/mol. The van der Waals surface area contributed by atoms with Crippen LogP contribution in [0.1, 0.15) is 6.92 Å². The van der Waals surface area contributed by atoms with Crippen LogP contribution in [-0.4, -0.2) is 25.4 Å². The monoisotopic (exact) mass is 397 g/mol. The van der Waals surface area contributed by atoms with Crippen LogP contribution in [0.5, 0.6) is 5.75 Å². The number of halogens is 1. The number of benzene rings is 1. The van der Waals surface area contributed by atoms with Crippen LogP contribution >= 0.6 is 15.9 Å². The zero-order chi connectivity index (χ0) is 16.6. The SMILES string of the molecule is CC1Oc2ccc(S(=O)(=O)Nc3ccc(Br)cn3)cc2NC1=O. The van der Waals surface area contributed by atoms with Gasteiger partial charge in [0.05, 0.1) is 10.6 Å². The number of fused-ring (bicyclic) bond motifs is 1. The highest BCUT2D eigenvalue weighted by molar-refractivity contribution is 9.10. The van der Waals surface area contributed by atoms with Gasteiger partial charge in [-0.15, -0.1) is 0 Å². The van der Waals surface area contributed by atoms with Crippen LogP contribution in [0.3, 0.4) is 0 Å². The summed E-state index contributed by atoms with van der Waals surface area (Å²) in [7, 11) is -3.83.